The van der Waals surface area contributed by atoms with Crippen molar-refractivity contribution < 1.29 is 0 Å². The van der Waals surface area contributed by atoms with E-state index in [1.807, 2.05) is 40.2 Å². The Morgan fingerprint density at radius 3 is 2.50 bits per heavy atom. The van der Waals surface area contributed by atoms with Crippen LogP contribution in [-0.2, 0) is 13.1 Å². The molecule has 0 aliphatic carbocycles. The molecule has 22 heavy (non-hydrogen) atoms. The fourth-order valence-electron chi connectivity index (χ4n) is 2.16. The third kappa shape index (κ3) is 5.32. The number of benzene rings is 1. The van der Waals surface area contributed by atoms with Crippen molar-refractivity contribution in [2.75, 3.05) is 13.1 Å². The van der Waals surface area contributed by atoms with E-state index in [0.717, 1.165) is 25.2 Å². The van der Waals surface area contributed by atoms with Gasteiger partial charge in [0.15, 0.2) is 5.96 Å². The molecule has 1 aromatic carbocycles. The fourth-order valence-corrected chi connectivity index (χ4v) is 2.16. The predicted molar refractivity (Wildman–Crippen MR) is 101 cm³/mol. The van der Waals surface area contributed by atoms with Crippen molar-refractivity contribution in [2.45, 2.75) is 26.9 Å². The zero-order valence-corrected chi connectivity index (χ0v) is 15.5. The van der Waals surface area contributed by atoms with Gasteiger partial charge in [-0.3, -0.25) is 4.68 Å². The molecule has 0 fully saturated rings. The smallest absolute Gasteiger partial charge is 0.191 e. The van der Waals surface area contributed by atoms with Crippen LogP contribution in [0, 0.1) is 0 Å². The average Bonchev–Trinajstić information content (AvgIpc) is 2.95. The van der Waals surface area contributed by atoms with Crippen LogP contribution in [-0.4, -0.2) is 33.7 Å². The molecule has 0 atom stereocenters. The summed E-state index contributed by atoms with van der Waals surface area (Å²) in [6.07, 6.45) is 3.87. The number of aliphatic imine (C=N–C) groups is 1. The first-order valence-corrected chi connectivity index (χ1v) is 7.33. The van der Waals surface area contributed by atoms with E-state index >= 15 is 0 Å². The van der Waals surface area contributed by atoms with Gasteiger partial charge in [-0.25, -0.2) is 4.99 Å². The van der Waals surface area contributed by atoms with Crippen molar-refractivity contribution in [3.05, 3.63) is 53.9 Å². The molecular weight excluding hydrogens is 389 g/mol. The van der Waals surface area contributed by atoms with Crippen LogP contribution in [0.3, 0.4) is 0 Å². The van der Waals surface area contributed by atoms with Crippen molar-refractivity contribution in [1.29, 1.82) is 0 Å². The lowest BCUT2D eigenvalue weighted by Crippen LogP contribution is -2.37. The molecule has 0 saturated carbocycles. The summed E-state index contributed by atoms with van der Waals surface area (Å²) < 4.78 is 1.92. The molecule has 0 saturated heterocycles. The lowest BCUT2D eigenvalue weighted by Gasteiger charge is -2.19. The molecule has 0 amide bonds. The molecule has 2 N–H and O–H groups in total. The van der Waals surface area contributed by atoms with E-state index in [1.165, 1.54) is 5.56 Å². The lowest BCUT2D eigenvalue weighted by atomic mass is 10.2. The summed E-state index contributed by atoms with van der Waals surface area (Å²) in [7, 11) is 0. The highest BCUT2D eigenvalue weighted by atomic mass is 127. The van der Waals surface area contributed by atoms with Crippen molar-refractivity contribution in [2.24, 2.45) is 10.7 Å². The standard InChI is InChI=1S/C16H23N5.HI/c1-3-20(4-2)16(17)18-10-15-11-19-21(13-15)12-14-8-6-5-7-9-14;/h5-9,11,13H,3-4,10,12H2,1-2H3,(H2,17,18);1H. The Morgan fingerprint density at radius 2 is 1.86 bits per heavy atom. The fraction of sp³-hybridized carbons (Fsp3) is 0.375. The molecule has 120 valence electrons. The maximum Gasteiger partial charge on any atom is 0.191 e. The highest BCUT2D eigenvalue weighted by Crippen LogP contribution is 2.05. The normalized spacial score (nSPS) is 11.1. The van der Waals surface area contributed by atoms with Crippen molar-refractivity contribution >= 4 is 29.9 Å². The zero-order chi connectivity index (χ0) is 15.1. The molecule has 2 rings (SSSR count). The summed E-state index contributed by atoms with van der Waals surface area (Å²) >= 11 is 0. The Labute approximate surface area is 149 Å². The van der Waals surface area contributed by atoms with Gasteiger partial charge in [0.1, 0.15) is 0 Å². The summed E-state index contributed by atoms with van der Waals surface area (Å²) in [5.74, 6) is 0.593. The van der Waals surface area contributed by atoms with Gasteiger partial charge in [0.05, 0.1) is 19.3 Å². The molecule has 2 aromatic rings. The van der Waals surface area contributed by atoms with Crippen LogP contribution in [0.5, 0.6) is 0 Å². The molecule has 0 unspecified atom stereocenters. The van der Waals surface area contributed by atoms with E-state index in [9.17, 15) is 0 Å². The van der Waals surface area contributed by atoms with Crippen molar-refractivity contribution in [3.8, 4) is 0 Å². The summed E-state index contributed by atoms with van der Waals surface area (Å²) in [5, 5.41) is 4.37. The van der Waals surface area contributed by atoms with Gasteiger partial charge in [-0.1, -0.05) is 30.3 Å². The molecule has 0 bridgehead atoms. The number of nitrogens with zero attached hydrogens (tertiary/aromatic N) is 4. The average molecular weight is 413 g/mol. The van der Waals surface area contributed by atoms with E-state index < -0.39 is 0 Å². The highest BCUT2D eigenvalue weighted by Gasteiger charge is 2.03. The second-order valence-electron chi connectivity index (χ2n) is 4.88. The molecule has 5 nitrogen and oxygen atoms in total. The summed E-state index contributed by atoms with van der Waals surface area (Å²) in [5.41, 5.74) is 8.27. The van der Waals surface area contributed by atoms with Crippen LogP contribution in [0.1, 0.15) is 25.0 Å². The predicted octanol–water partition coefficient (Wildman–Crippen LogP) is 2.71. The Balaban J connectivity index is 0.00000242. The number of halogens is 1. The maximum atomic E-state index is 5.97. The Hall–Kier alpha value is -1.57. The van der Waals surface area contributed by atoms with Crippen LogP contribution >= 0.6 is 24.0 Å². The minimum absolute atomic E-state index is 0. The van der Waals surface area contributed by atoms with E-state index in [0.29, 0.717) is 12.5 Å². The van der Waals surface area contributed by atoms with Gasteiger partial charge in [-0.2, -0.15) is 5.10 Å². The van der Waals surface area contributed by atoms with Gasteiger partial charge in [-0.05, 0) is 19.4 Å². The van der Waals surface area contributed by atoms with Gasteiger partial charge >= 0.3 is 0 Å². The molecule has 0 radical (unpaired) electrons. The molecule has 6 heteroatoms. The van der Waals surface area contributed by atoms with Crippen molar-refractivity contribution in [3.63, 3.8) is 0 Å². The number of guanidine groups is 1. The van der Waals surface area contributed by atoms with E-state index in [2.05, 4.69) is 36.1 Å². The monoisotopic (exact) mass is 413 g/mol. The number of nitrogens with two attached hydrogens (primary N) is 1. The minimum atomic E-state index is 0. The number of hydrogen-bond acceptors (Lipinski definition) is 2. The van der Waals surface area contributed by atoms with Gasteiger partial charge in [-0.15, -0.1) is 24.0 Å². The first-order valence-electron chi connectivity index (χ1n) is 7.33. The zero-order valence-electron chi connectivity index (χ0n) is 13.1. The topological polar surface area (TPSA) is 59.4 Å². The number of hydrogen-bond donors (Lipinski definition) is 1. The summed E-state index contributed by atoms with van der Waals surface area (Å²) in [6, 6.07) is 10.3. The van der Waals surface area contributed by atoms with Gasteiger partial charge < -0.3 is 10.6 Å². The molecule has 0 aliphatic rings. The van der Waals surface area contributed by atoms with E-state index in [4.69, 9.17) is 5.73 Å². The third-order valence-corrected chi connectivity index (χ3v) is 3.39. The van der Waals surface area contributed by atoms with Crippen molar-refractivity contribution in [1.82, 2.24) is 14.7 Å². The highest BCUT2D eigenvalue weighted by molar-refractivity contribution is 14.0. The van der Waals surface area contributed by atoms with Gasteiger partial charge in [0.2, 0.25) is 0 Å². The van der Waals surface area contributed by atoms with Crippen LogP contribution in [0.15, 0.2) is 47.7 Å². The Bertz CT molecular complexity index is 575. The minimum Gasteiger partial charge on any atom is -0.370 e. The molecule has 1 heterocycles. The lowest BCUT2D eigenvalue weighted by molar-refractivity contribution is 0.458. The first-order chi connectivity index (χ1) is 10.2. The van der Waals surface area contributed by atoms with E-state index in [1.54, 1.807) is 0 Å². The summed E-state index contributed by atoms with van der Waals surface area (Å²) in [6.45, 7) is 7.24. The van der Waals surface area contributed by atoms with E-state index in [-0.39, 0.29) is 24.0 Å². The quantitative estimate of drug-likeness (QED) is 0.450. The van der Waals surface area contributed by atoms with Gasteiger partial charge in [0, 0.05) is 24.8 Å². The number of aromatic nitrogens is 2. The van der Waals surface area contributed by atoms with Crippen LogP contribution in [0.2, 0.25) is 0 Å². The second kappa shape index (κ2) is 9.45. The molecule has 0 spiro atoms. The second-order valence-corrected chi connectivity index (χ2v) is 4.88. The Morgan fingerprint density at radius 1 is 1.18 bits per heavy atom. The van der Waals surface area contributed by atoms with Crippen LogP contribution < -0.4 is 5.73 Å². The Kier molecular flexibility index (Phi) is 7.94. The van der Waals surface area contributed by atoms with Gasteiger partial charge in [0.25, 0.3) is 0 Å². The molecular formula is C16H24IN5. The first kappa shape index (κ1) is 18.5. The largest absolute Gasteiger partial charge is 0.370 e. The molecule has 0 aliphatic heterocycles. The van der Waals surface area contributed by atoms with Crippen LogP contribution in [0.4, 0.5) is 0 Å². The third-order valence-electron chi connectivity index (χ3n) is 3.39. The SMILES string of the molecule is CCN(CC)C(N)=NCc1cnn(Cc2ccccc2)c1.I. The summed E-state index contributed by atoms with van der Waals surface area (Å²) in [4.78, 5) is 6.46. The number of rotatable bonds is 6. The maximum absolute atomic E-state index is 5.97. The van der Waals surface area contributed by atoms with Crippen LogP contribution in [0.25, 0.3) is 0 Å². The molecule has 1 aromatic heterocycles.